The van der Waals surface area contributed by atoms with Crippen molar-refractivity contribution in [1.29, 1.82) is 0 Å². The van der Waals surface area contributed by atoms with Crippen LogP contribution in [0.25, 0.3) is 21.8 Å². The van der Waals surface area contributed by atoms with Gasteiger partial charge in [-0.25, -0.2) is 18.2 Å². The quantitative estimate of drug-likeness (QED) is 0.161. The Morgan fingerprint density at radius 2 is 1.74 bits per heavy atom. The zero-order chi connectivity index (χ0) is 40.2. The van der Waals surface area contributed by atoms with Crippen molar-refractivity contribution in [3.05, 3.63) is 94.7 Å². The highest BCUT2D eigenvalue weighted by molar-refractivity contribution is 7.92. The van der Waals surface area contributed by atoms with E-state index in [2.05, 4.69) is 10.6 Å². The molecule has 5 aromatic rings. The predicted molar refractivity (Wildman–Crippen MR) is 207 cm³/mol. The first-order valence-corrected chi connectivity index (χ1v) is 19.7. The number of hydrogen-bond acceptors (Lipinski definition) is 10. The van der Waals surface area contributed by atoms with Gasteiger partial charge in [-0.3, -0.25) is 33.6 Å². The zero-order valence-corrected chi connectivity index (χ0v) is 31.5. The Hall–Kier alpha value is -6.27. The number of nitrogens with one attached hydrogen (secondary N) is 3. The first kappa shape index (κ1) is 37.6. The lowest BCUT2D eigenvalue weighted by Gasteiger charge is -2.39. The van der Waals surface area contributed by atoms with E-state index in [0.717, 1.165) is 11.3 Å². The highest BCUT2D eigenvalue weighted by atomic mass is 32.2. The molecular formula is C39H38FN7O9S. The maximum absolute atomic E-state index is 16.2. The fourth-order valence-electron chi connectivity index (χ4n) is 7.77. The highest BCUT2D eigenvalue weighted by Gasteiger charge is 2.39. The molecule has 0 saturated carbocycles. The summed E-state index contributed by atoms with van der Waals surface area (Å²) in [6.45, 7) is 0.174. The van der Waals surface area contributed by atoms with Gasteiger partial charge >= 0.3 is 15.9 Å². The number of piperidine rings is 2. The van der Waals surface area contributed by atoms with E-state index < -0.39 is 57.6 Å². The van der Waals surface area contributed by atoms with Gasteiger partial charge in [-0.05, 0) is 72.7 Å². The molecule has 4 aromatic carbocycles. The largest absolute Gasteiger partial charge is 0.487 e. The molecule has 0 bridgehead atoms. The van der Waals surface area contributed by atoms with E-state index in [9.17, 15) is 37.5 Å². The van der Waals surface area contributed by atoms with Crippen LogP contribution in [0.15, 0.2) is 77.6 Å². The minimum atomic E-state index is -4.37. The van der Waals surface area contributed by atoms with E-state index in [1.54, 1.807) is 37.4 Å². The second kappa shape index (κ2) is 14.3. The number of imide groups is 1. The van der Waals surface area contributed by atoms with Crippen molar-refractivity contribution in [3.8, 4) is 5.75 Å². The van der Waals surface area contributed by atoms with E-state index in [-0.39, 0.29) is 61.4 Å². The molecule has 16 nitrogen and oxygen atoms in total. The average molecular weight is 800 g/mol. The van der Waals surface area contributed by atoms with Crippen molar-refractivity contribution in [2.75, 3.05) is 34.2 Å². The standard InChI is InChI=1S/C39H38FN7O9S/c1-44-30-19-26(8-10-28(30)47(38(44)52)29-11-12-32(48)42-37(29)51)45-15-13-39(53,14-16-45)20-33(49)41-25-7-9-27-24(17-25)18-31(56-22-23-5-3-2-4-6-23)36(35(27)40)46-21-34(50)43-57(46,54)55/h2-10,17-19,29,53H,11-16,20-22H2,1H3,(H,41,49)(H,43,50)(H,42,48,51). The third-order valence-electron chi connectivity index (χ3n) is 10.8. The van der Waals surface area contributed by atoms with Crippen LogP contribution in [0.1, 0.15) is 43.7 Å². The molecule has 3 saturated heterocycles. The number of halogens is 1. The molecule has 57 heavy (non-hydrogen) atoms. The van der Waals surface area contributed by atoms with Crippen LogP contribution < -0.4 is 35.0 Å². The Kier molecular flexibility index (Phi) is 9.47. The molecule has 3 aliphatic heterocycles. The first-order valence-electron chi connectivity index (χ1n) is 18.3. The van der Waals surface area contributed by atoms with Crippen LogP contribution in [0.3, 0.4) is 0 Å². The Balaban J connectivity index is 0.964. The SMILES string of the molecule is Cn1c(=O)n(C2CCC(=O)NC2=O)c2ccc(N3CCC(O)(CC(=O)Nc4ccc5c(F)c(N6CC(=O)NS6(=O)=O)c(OCc6ccccc6)cc5c4)CC3)cc21. The third kappa shape index (κ3) is 7.17. The molecule has 4 amide bonds. The summed E-state index contributed by atoms with van der Waals surface area (Å²) in [4.78, 5) is 64.9. The number of fused-ring (bicyclic) bond motifs is 2. The summed E-state index contributed by atoms with van der Waals surface area (Å²) in [6, 6.07) is 19.5. The monoisotopic (exact) mass is 799 g/mol. The van der Waals surface area contributed by atoms with Gasteiger partial charge in [0.05, 0.1) is 23.1 Å². The summed E-state index contributed by atoms with van der Waals surface area (Å²) in [5.74, 6) is -3.22. The van der Waals surface area contributed by atoms with Gasteiger partial charge in [-0.2, -0.15) is 8.42 Å². The zero-order valence-electron chi connectivity index (χ0n) is 30.7. The smallest absolute Gasteiger partial charge is 0.329 e. The van der Waals surface area contributed by atoms with Gasteiger partial charge in [-0.15, -0.1) is 0 Å². The van der Waals surface area contributed by atoms with Crippen LogP contribution in [-0.4, -0.2) is 71.5 Å². The molecule has 0 aliphatic carbocycles. The van der Waals surface area contributed by atoms with Crippen LogP contribution in [-0.2, 0) is 43.0 Å². The number of anilines is 3. The second-order valence-electron chi connectivity index (χ2n) is 14.6. The summed E-state index contributed by atoms with van der Waals surface area (Å²) >= 11 is 0. The van der Waals surface area contributed by atoms with Crippen LogP contribution in [0, 0.1) is 5.82 Å². The summed E-state index contributed by atoms with van der Waals surface area (Å²) in [6.07, 6.45) is 0.676. The topological polar surface area (TPSA) is 201 Å². The van der Waals surface area contributed by atoms with E-state index >= 15 is 4.39 Å². The number of carbonyl (C=O) groups excluding carboxylic acids is 4. The number of benzene rings is 4. The van der Waals surface area contributed by atoms with E-state index in [1.807, 2.05) is 27.8 Å². The number of carbonyl (C=O) groups is 4. The number of hydrogen-bond donors (Lipinski definition) is 4. The minimum Gasteiger partial charge on any atom is -0.487 e. The molecule has 1 unspecified atom stereocenters. The van der Waals surface area contributed by atoms with Gasteiger partial charge in [0.15, 0.2) is 5.82 Å². The van der Waals surface area contributed by atoms with Gasteiger partial charge in [0.25, 0.3) is 5.91 Å². The number of rotatable bonds is 9. The van der Waals surface area contributed by atoms with Gasteiger partial charge < -0.3 is 20.1 Å². The predicted octanol–water partition coefficient (Wildman–Crippen LogP) is 2.73. The van der Waals surface area contributed by atoms with Crippen LogP contribution in [0.5, 0.6) is 5.75 Å². The summed E-state index contributed by atoms with van der Waals surface area (Å²) in [5.41, 5.74) is 0.900. The minimum absolute atomic E-state index is 0.0210. The fourth-order valence-corrected chi connectivity index (χ4v) is 8.93. The lowest BCUT2D eigenvalue weighted by atomic mass is 9.87. The molecule has 8 rings (SSSR count). The number of ether oxygens (including phenoxy) is 1. The summed E-state index contributed by atoms with van der Waals surface area (Å²) in [5, 5.41) is 16.9. The Labute approximate surface area is 325 Å². The second-order valence-corrected chi connectivity index (χ2v) is 16.2. The number of aromatic nitrogens is 2. The number of aryl methyl sites for hydroxylation is 1. The van der Waals surface area contributed by atoms with E-state index in [0.29, 0.717) is 39.5 Å². The molecule has 1 aromatic heterocycles. The molecule has 0 radical (unpaired) electrons. The molecular weight excluding hydrogens is 762 g/mol. The molecule has 4 N–H and O–H groups in total. The number of imidazole rings is 1. The summed E-state index contributed by atoms with van der Waals surface area (Å²) in [7, 11) is -2.75. The van der Waals surface area contributed by atoms with Crippen molar-refractivity contribution in [1.82, 2.24) is 19.2 Å². The first-order chi connectivity index (χ1) is 27.2. The van der Waals surface area contributed by atoms with Gasteiger partial charge in [0.1, 0.15) is 30.6 Å². The molecule has 18 heteroatoms. The van der Waals surface area contributed by atoms with Crippen molar-refractivity contribution >= 4 is 72.7 Å². The number of amides is 4. The average Bonchev–Trinajstić information content (AvgIpc) is 3.59. The van der Waals surface area contributed by atoms with Crippen molar-refractivity contribution in [2.45, 2.75) is 50.4 Å². The van der Waals surface area contributed by atoms with E-state index in [1.165, 1.54) is 33.4 Å². The number of nitrogens with zero attached hydrogens (tertiary/aromatic N) is 4. The molecule has 3 aliphatic rings. The highest BCUT2D eigenvalue weighted by Crippen LogP contribution is 2.40. The number of aliphatic hydroxyl groups is 1. The van der Waals surface area contributed by atoms with Crippen LogP contribution in [0.2, 0.25) is 0 Å². The molecule has 1 atom stereocenters. The van der Waals surface area contributed by atoms with Crippen LogP contribution >= 0.6 is 0 Å². The molecule has 3 fully saturated rings. The van der Waals surface area contributed by atoms with Crippen molar-refractivity contribution < 1.29 is 41.8 Å². The van der Waals surface area contributed by atoms with Crippen LogP contribution in [0.4, 0.5) is 21.5 Å². The normalized spacial score (nSPS) is 19.1. The van der Waals surface area contributed by atoms with Crippen molar-refractivity contribution in [2.24, 2.45) is 7.05 Å². The summed E-state index contributed by atoms with van der Waals surface area (Å²) < 4.78 is 53.0. The fraction of sp³-hybridized carbons (Fsp3) is 0.308. The third-order valence-corrected chi connectivity index (χ3v) is 12.1. The lowest BCUT2D eigenvalue weighted by Crippen LogP contribution is -2.46. The Morgan fingerprint density at radius 1 is 0.982 bits per heavy atom. The van der Waals surface area contributed by atoms with Gasteiger partial charge in [-0.1, -0.05) is 30.3 Å². The molecule has 0 spiro atoms. The Morgan fingerprint density at radius 3 is 2.44 bits per heavy atom. The van der Waals surface area contributed by atoms with Gasteiger partial charge in [0, 0.05) is 43.3 Å². The Bertz CT molecular complexity index is 2660. The maximum atomic E-state index is 16.2. The molecule has 4 heterocycles. The lowest BCUT2D eigenvalue weighted by molar-refractivity contribution is -0.135. The van der Waals surface area contributed by atoms with Crippen molar-refractivity contribution in [3.63, 3.8) is 0 Å². The molecule has 296 valence electrons. The maximum Gasteiger partial charge on any atom is 0.329 e. The van der Waals surface area contributed by atoms with Gasteiger partial charge in [0.2, 0.25) is 17.7 Å². The van der Waals surface area contributed by atoms with E-state index in [4.69, 9.17) is 4.74 Å².